The maximum absolute atomic E-state index is 13.1. The van der Waals surface area contributed by atoms with Gasteiger partial charge >= 0.3 is 0 Å². The highest BCUT2D eigenvalue weighted by Crippen LogP contribution is 2.41. The van der Waals surface area contributed by atoms with Crippen molar-refractivity contribution in [3.8, 4) is 11.5 Å². The highest BCUT2D eigenvalue weighted by atomic mass is 35.5. The number of benzene rings is 4. The minimum atomic E-state index is -4.68. The van der Waals surface area contributed by atoms with Crippen molar-refractivity contribution in [1.29, 1.82) is 0 Å². The molecule has 0 heterocycles. The van der Waals surface area contributed by atoms with Gasteiger partial charge in [-0.15, -0.1) is 10.2 Å². The van der Waals surface area contributed by atoms with Crippen LogP contribution in [0.3, 0.4) is 0 Å². The Morgan fingerprint density at radius 2 is 1.72 bits per heavy atom. The number of ether oxygens (including phenoxy) is 1. The molecule has 3 N–H and O–H groups in total. The molecule has 4 aromatic rings. The average Bonchev–Trinajstić information content (AvgIpc) is 2.84. The second kappa shape index (κ2) is 9.94. The second-order valence-electron chi connectivity index (χ2n) is 7.69. The van der Waals surface area contributed by atoms with Gasteiger partial charge in [0.2, 0.25) is 0 Å². The highest BCUT2D eigenvalue weighted by molar-refractivity contribution is 7.86. The van der Waals surface area contributed by atoms with Crippen molar-refractivity contribution in [2.24, 2.45) is 10.2 Å². The molecular weight excluding hydrogens is 506 g/mol. The van der Waals surface area contributed by atoms with Crippen LogP contribution in [0, 0.1) is 6.92 Å². The van der Waals surface area contributed by atoms with Gasteiger partial charge in [0.05, 0.1) is 18.4 Å². The van der Waals surface area contributed by atoms with E-state index in [1.54, 1.807) is 48.5 Å². The van der Waals surface area contributed by atoms with Gasteiger partial charge in [-0.1, -0.05) is 48.0 Å². The monoisotopic (exact) mass is 525 g/mol. The Labute approximate surface area is 211 Å². The van der Waals surface area contributed by atoms with E-state index in [-0.39, 0.29) is 27.5 Å². The number of anilines is 1. The van der Waals surface area contributed by atoms with E-state index in [4.69, 9.17) is 16.3 Å². The van der Waals surface area contributed by atoms with Crippen molar-refractivity contribution < 1.29 is 27.6 Å². The van der Waals surface area contributed by atoms with E-state index in [0.29, 0.717) is 22.2 Å². The van der Waals surface area contributed by atoms with Crippen molar-refractivity contribution in [2.75, 3.05) is 12.4 Å². The lowest BCUT2D eigenvalue weighted by molar-refractivity contribution is 0.102. The van der Waals surface area contributed by atoms with Gasteiger partial charge < -0.3 is 15.2 Å². The fraction of sp³-hybridized carbons (Fsp3) is 0.0800. The first-order valence-corrected chi connectivity index (χ1v) is 12.3. The number of methoxy groups -OCH3 is 1. The van der Waals surface area contributed by atoms with Crippen LogP contribution in [0.25, 0.3) is 10.8 Å². The van der Waals surface area contributed by atoms with Crippen molar-refractivity contribution in [2.45, 2.75) is 11.8 Å². The predicted octanol–water partition coefficient (Wildman–Crippen LogP) is 6.43. The molecule has 9 nitrogen and oxygen atoms in total. The third kappa shape index (κ3) is 4.87. The maximum Gasteiger partial charge on any atom is 0.297 e. The zero-order chi connectivity index (χ0) is 26.0. The largest absolute Gasteiger partial charge is 0.505 e. The molecule has 36 heavy (non-hydrogen) atoms. The van der Waals surface area contributed by atoms with Gasteiger partial charge in [0.15, 0.2) is 5.75 Å². The van der Waals surface area contributed by atoms with Gasteiger partial charge in [-0.2, -0.15) is 8.42 Å². The number of azo groups is 1. The lowest BCUT2D eigenvalue weighted by atomic mass is 10.0. The number of hydrogen-bond donors (Lipinski definition) is 3. The van der Waals surface area contributed by atoms with Gasteiger partial charge in [-0.05, 0) is 48.2 Å². The van der Waals surface area contributed by atoms with Crippen LogP contribution in [0.2, 0.25) is 5.02 Å². The van der Waals surface area contributed by atoms with E-state index in [2.05, 4.69) is 15.5 Å². The normalized spacial score (nSPS) is 11.7. The molecule has 184 valence electrons. The standard InChI is InChI=1S/C25H20ClN3O6S/c1-14-18(26)11-12-20(24(14)36(32,33)34)28-29-22-16-8-4-3-7-15(16)13-17(23(22)30)25(31)27-19-9-5-6-10-21(19)35-2/h3-13,30H,1-2H3,(H,27,31)(H,32,33,34). The number of phenols is 1. The summed E-state index contributed by atoms with van der Waals surface area (Å²) in [6.45, 7) is 1.42. The minimum absolute atomic E-state index is 0.0628. The van der Waals surface area contributed by atoms with Crippen LogP contribution in [0.1, 0.15) is 15.9 Å². The summed E-state index contributed by atoms with van der Waals surface area (Å²) in [6, 6.07) is 17.8. The van der Waals surface area contributed by atoms with Gasteiger partial charge in [-0.3, -0.25) is 9.35 Å². The first-order valence-electron chi connectivity index (χ1n) is 10.5. The smallest absolute Gasteiger partial charge is 0.297 e. The number of carbonyl (C=O) groups is 1. The van der Waals surface area contributed by atoms with Crippen LogP contribution in [-0.2, 0) is 10.1 Å². The molecular formula is C25H20ClN3O6S. The summed E-state index contributed by atoms with van der Waals surface area (Å²) >= 11 is 6.01. The first kappa shape index (κ1) is 25.1. The number of carbonyl (C=O) groups excluding carboxylic acids is 1. The summed E-state index contributed by atoms with van der Waals surface area (Å²) in [7, 11) is -3.21. The average molecular weight is 526 g/mol. The second-order valence-corrected chi connectivity index (χ2v) is 9.46. The molecule has 0 radical (unpaired) electrons. The van der Waals surface area contributed by atoms with Crippen LogP contribution in [0.15, 0.2) is 81.9 Å². The SMILES string of the molecule is COc1ccccc1NC(=O)c1cc2ccccc2c(N=Nc2ccc(Cl)c(C)c2S(=O)(=O)O)c1O. The number of aromatic hydroxyl groups is 1. The molecule has 0 saturated carbocycles. The topological polar surface area (TPSA) is 138 Å². The van der Waals surface area contributed by atoms with E-state index in [0.717, 1.165) is 0 Å². The van der Waals surface area contributed by atoms with Gasteiger partial charge in [0, 0.05) is 10.4 Å². The molecule has 0 aromatic heterocycles. The summed E-state index contributed by atoms with van der Waals surface area (Å²) < 4.78 is 38.9. The predicted molar refractivity (Wildman–Crippen MR) is 137 cm³/mol. The Kier molecular flexibility index (Phi) is 6.93. The molecule has 0 aliphatic rings. The van der Waals surface area contributed by atoms with E-state index in [9.17, 15) is 22.9 Å². The molecule has 0 aliphatic heterocycles. The van der Waals surface area contributed by atoms with Gasteiger partial charge in [0.1, 0.15) is 22.0 Å². The fourth-order valence-corrected chi connectivity index (χ4v) is 4.77. The molecule has 11 heteroatoms. The lowest BCUT2D eigenvalue weighted by Crippen LogP contribution is -2.13. The Morgan fingerprint density at radius 1 is 1.03 bits per heavy atom. The highest BCUT2D eigenvalue weighted by Gasteiger charge is 2.22. The lowest BCUT2D eigenvalue weighted by Gasteiger charge is -2.13. The zero-order valence-electron chi connectivity index (χ0n) is 19.1. The number of phenolic OH excluding ortho intramolecular Hbond substituents is 1. The molecule has 0 atom stereocenters. The summed E-state index contributed by atoms with van der Waals surface area (Å²) in [4.78, 5) is 12.6. The number of fused-ring (bicyclic) bond motifs is 1. The van der Waals surface area contributed by atoms with Crippen LogP contribution in [0.4, 0.5) is 17.1 Å². The third-order valence-corrected chi connectivity index (χ3v) is 6.87. The van der Waals surface area contributed by atoms with Gasteiger partial charge in [-0.25, -0.2) is 0 Å². The molecule has 4 aromatic carbocycles. The summed E-state index contributed by atoms with van der Waals surface area (Å²) in [5.74, 6) is -0.661. The molecule has 0 fully saturated rings. The van der Waals surface area contributed by atoms with Crippen molar-refractivity contribution in [1.82, 2.24) is 0 Å². The van der Waals surface area contributed by atoms with Crippen LogP contribution >= 0.6 is 11.6 Å². The number of nitrogens with one attached hydrogen (secondary N) is 1. The third-order valence-electron chi connectivity index (χ3n) is 5.43. The van der Waals surface area contributed by atoms with E-state index < -0.39 is 26.7 Å². The number of hydrogen-bond acceptors (Lipinski definition) is 7. The zero-order valence-corrected chi connectivity index (χ0v) is 20.6. The summed E-state index contributed by atoms with van der Waals surface area (Å²) in [5, 5.41) is 23.0. The maximum atomic E-state index is 13.1. The molecule has 0 aliphatic carbocycles. The fourth-order valence-electron chi connectivity index (χ4n) is 3.69. The van der Waals surface area contributed by atoms with Crippen LogP contribution in [-0.4, -0.2) is 31.1 Å². The number of amides is 1. The molecule has 0 saturated heterocycles. The van der Waals surface area contributed by atoms with Crippen molar-refractivity contribution >= 4 is 55.5 Å². The summed E-state index contributed by atoms with van der Waals surface area (Å²) in [6.07, 6.45) is 0. The quantitative estimate of drug-likeness (QED) is 0.196. The Hall–Kier alpha value is -3.99. The Balaban J connectivity index is 1.85. The van der Waals surface area contributed by atoms with Crippen molar-refractivity contribution in [3.05, 3.63) is 82.9 Å². The van der Waals surface area contributed by atoms with E-state index in [1.165, 1.54) is 32.2 Å². The molecule has 0 bridgehead atoms. The molecule has 4 rings (SSSR count). The van der Waals surface area contributed by atoms with E-state index in [1.807, 2.05) is 0 Å². The van der Waals surface area contributed by atoms with Crippen LogP contribution in [0.5, 0.6) is 11.5 Å². The molecule has 0 unspecified atom stereocenters. The number of para-hydroxylation sites is 2. The van der Waals surface area contributed by atoms with Crippen molar-refractivity contribution in [3.63, 3.8) is 0 Å². The first-order chi connectivity index (χ1) is 17.1. The molecule has 0 spiro atoms. The van der Waals surface area contributed by atoms with Gasteiger partial charge in [0.25, 0.3) is 16.0 Å². The Morgan fingerprint density at radius 3 is 2.44 bits per heavy atom. The number of nitrogens with zero attached hydrogens (tertiary/aromatic N) is 2. The number of halogens is 1. The van der Waals surface area contributed by atoms with Crippen LogP contribution < -0.4 is 10.1 Å². The molecule has 1 amide bonds. The minimum Gasteiger partial charge on any atom is -0.505 e. The number of rotatable bonds is 6. The van der Waals surface area contributed by atoms with E-state index >= 15 is 0 Å². The summed E-state index contributed by atoms with van der Waals surface area (Å²) in [5.41, 5.74) is 0.152. The Bertz CT molecular complexity index is 1640.